The topological polar surface area (TPSA) is 55.1 Å². The van der Waals surface area contributed by atoms with Gasteiger partial charge in [-0.2, -0.15) is 0 Å². The summed E-state index contributed by atoms with van der Waals surface area (Å²) in [6, 6.07) is 0.354. The van der Waals surface area contributed by atoms with Crippen molar-refractivity contribution in [3.05, 3.63) is 16.0 Å². The number of anilines is 1. The van der Waals surface area contributed by atoms with Crippen molar-refractivity contribution in [2.24, 2.45) is 0 Å². The van der Waals surface area contributed by atoms with Crippen molar-refractivity contribution in [1.29, 1.82) is 0 Å². The van der Waals surface area contributed by atoms with Gasteiger partial charge in [0.05, 0.1) is 10.6 Å². The third-order valence-corrected chi connectivity index (χ3v) is 4.48. The molecule has 0 aliphatic heterocycles. The number of amides is 1. The van der Waals surface area contributed by atoms with Crippen molar-refractivity contribution < 1.29 is 4.79 Å². The van der Waals surface area contributed by atoms with E-state index in [0.717, 1.165) is 30.4 Å². The number of nitrogens with two attached hydrogens (primary N) is 1. The summed E-state index contributed by atoms with van der Waals surface area (Å²) in [4.78, 5) is 13.4. The Kier molecular flexibility index (Phi) is 3.72. The number of hydrogen-bond acceptors (Lipinski definition) is 3. The maximum atomic E-state index is 12.2. The monoisotopic (exact) mass is 252 g/mol. The van der Waals surface area contributed by atoms with Crippen LogP contribution in [0.2, 0.25) is 0 Å². The van der Waals surface area contributed by atoms with Crippen LogP contribution in [0.25, 0.3) is 0 Å². The van der Waals surface area contributed by atoms with E-state index in [0.29, 0.717) is 11.0 Å². The van der Waals surface area contributed by atoms with E-state index in [1.54, 1.807) is 0 Å². The van der Waals surface area contributed by atoms with E-state index in [2.05, 4.69) is 12.2 Å². The van der Waals surface area contributed by atoms with Crippen LogP contribution in [0.15, 0.2) is 0 Å². The van der Waals surface area contributed by atoms with Crippen molar-refractivity contribution in [3.8, 4) is 0 Å². The van der Waals surface area contributed by atoms with E-state index in [4.69, 9.17) is 5.73 Å². The minimum Gasteiger partial charge on any atom is -0.390 e. The highest BCUT2D eigenvalue weighted by molar-refractivity contribution is 7.16. The molecule has 1 saturated carbocycles. The Morgan fingerprint density at radius 1 is 1.47 bits per heavy atom. The lowest BCUT2D eigenvalue weighted by Gasteiger charge is -2.12. The number of hydrogen-bond donors (Lipinski definition) is 2. The zero-order valence-electron chi connectivity index (χ0n) is 10.5. The van der Waals surface area contributed by atoms with Crippen LogP contribution >= 0.6 is 11.3 Å². The largest absolute Gasteiger partial charge is 0.390 e. The standard InChI is InChI=1S/C13H20N2OS/c1-3-10-8(2)17-12(14)11(10)13(16)15-9-6-4-5-7-9/h9H,3-7,14H2,1-2H3,(H,15,16). The van der Waals surface area contributed by atoms with E-state index in [-0.39, 0.29) is 5.91 Å². The lowest BCUT2D eigenvalue weighted by molar-refractivity contribution is 0.0938. The molecule has 0 bridgehead atoms. The average Bonchev–Trinajstić information content (AvgIpc) is 2.85. The fourth-order valence-corrected chi connectivity index (χ4v) is 3.62. The minimum atomic E-state index is 0.0237. The fraction of sp³-hybridized carbons (Fsp3) is 0.615. The van der Waals surface area contributed by atoms with Crippen LogP contribution in [0, 0.1) is 6.92 Å². The first-order chi connectivity index (χ1) is 8.13. The van der Waals surface area contributed by atoms with Gasteiger partial charge in [0.2, 0.25) is 0 Å². The van der Waals surface area contributed by atoms with Gasteiger partial charge in [0, 0.05) is 10.9 Å². The van der Waals surface area contributed by atoms with Crippen molar-refractivity contribution in [3.63, 3.8) is 0 Å². The van der Waals surface area contributed by atoms with Gasteiger partial charge in [-0.15, -0.1) is 11.3 Å². The van der Waals surface area contributed by atoms with Gasteiger partial charge in [0.15, 0.2) is 0 Å². The van der Waals surface area contributed by atoms with Gasteiger partial charge in [-0.3, -0.25) is 4.79 Å². The van der Waals surface area contributed by atoms with Gasteiger partial charge >= 0.3 is 0 Å². The molecule has 17 heavy (non-hydrogen) atoms. The predicted molar refractivity (Wildman–Crippen MR) is 72.6 cm³/mol. The fourth-order valence-electron chi connectivity index (χ4n) is 2.60. The normalized spacial score (nSPS) is 16.4. The van der Waals surface area contributed by atoms with E-state index in [1.807, 2.05) is 6.92 Å². The van der Waals surface area contributed by atoms with Crippen LogP contribution < -0.4 is 11.1 Å². The SMILES string of the molecule is CCc1c(C)sc(N)c1C(=O)NC1CCCC1. The zero-order chi connectivity index (χ0) is 12.4. The van der Waals surface area contributed by atoms with Gasteiger partial charge in [-0.05, 0) is 31.7 Å². The Morgan fingerprint density at radius 2 is 2.12 bits per heavy atom. The first kappa shape index (κ1) is 12.4. The Morgan fingerprint density at radius 3 is 2.71 bits per heavy atom. The molecule has 4 heteroatoms. The number of nitrogens with one attached hydrogen (secondary N) is 1. The van der Waals surface area contributed by atoms with E-state index in [1.165, 1.54) is 29.1 Å². The zero-order valence-corrected chi connectivity index (χ0v) is 11.3. The number of thiophene rings is 1. The Bertz CT molecular complexity index is 419. The number of aryl methyl sites for hydroxylation is 1. The summed E-state index contributed by atoms with van der Waals surface area (Å²) in [6.07, 6.45) is 5.53. The highest BCUT2D eigenvalue weighted by Crippen LogP contribution is 2.31. The van der Waals surface area contributed by atoms with Crippen molar-refractivity contribution >= 4 is 22.2 Å². The molecule has 0 aromatic carbocycles. The van der Waals surface area contributed by atoms with Crippen molar-refractivity contribution in [2.75, 3.05) is 5.73 Å². The summed E-state index contributed by atoms with van der Waals surface area (Å²) in [5.74, 6) is 0.0237. The molecule has 1 amide bonds. The van der Waals surface area contributed by atoms with E-state index in [9.17, 15) is 4.79 Å². The molecule has 94 valence electrons. The van der Waals surface area contributed by atoms with Gasteiger partial charge in [-0.25, -0.2) is 0 Å². The molecule has 1 fully saturated rings. The Hall–Kier alpha value is -1.03. The van der Waals surface area contributed by atoms with Gasteiger partial charge in [-0.1, -0.05) is 19.8 Å². The van der Waals surface area contributed by atoms with Crippen molar-refractivity contribution in [1.82, 2.24) is 5.32 Å². The van der Waals surface area contributed by atoms with Crippen LogP contribution in [0.1, 0.15) is 53.4 Å². The van der Waals surface area contributed by atoms with Crippen LogP contribution in [0.5, 0.6) is 0 Å². The number of carbonyl (C=O) groups excluding carboxylic acids is 1. The summed E-state index contributed by atoms with van der Waals surface area (Å²) >= 11 is 1.52. The molecule has 1 aromatic rings. The lowest BCUT2D eigenvalue weighted by Crippen LogP contribution is -2.33. The summed E-state index contributed by atoms with van der Waals surface area (Å²) < 4.78 is 0. The summed E-state index contributed by atoms with van der Waals surface area (Å²) in [6.45, 7) is 4.10. The molecule has 1 heterocycles. The Balaban J connectivity index is 2.17. The van der Waals surface area contributed by atoms with Crippen LogP contribution in [0.4, 0.5) is 5.00 Å². The third-order valence-electron chi connectivity index (χ3n) is 3.51. The molecule has 1 aliphatic carbocycles. The smallest absolute Gasteiger partial charge is 0.254 e. The molecular weight excluding hydrogens is 232 g/mol. The van der Waals surface area contributed by atoms with E-state index < -0.39 is 0 Å². The predicted octanol–water partition coefficient (Wildman–Crippen LogP) is 2.87. The molecule has 0 saturated heterocycles. The third kappa shape index (κ3) is 2.46. The molecule has 3 N–H and O–H groups in total. The molecule has 1 aromatic heterocycles. The highest BCUT2D eigenvalue weighted by Gasteiger charge is 2.23. The van der Waals surface area contributed by atoms with E-state index >= 15 is 0 Å². The number of rotatable bonds is 3. The second-order valence-corrected chi connectivity index (χ2v) is 5.94. The first-order valence-corrected chi connectivity index (χ1v) is 7.13. The quantitative estimate of drug-likeness (QED) is 0.869. The maximum absolute atomic E-state index is 12.2. The highest BCUT2D eigenvalue weighted by atomic mass is 32.1. The second-order valence-electron chi connectivity index (χ2n) is 4.68. The molecular formula is C13H20N2OS. The average molecular weight is 252 g/mol. The molecule has 0 unspecified atom stereocenters. The van der Waals surface area contributed by atoms with Crippen LogP contribution in [0.3, 0.4) is 0 Å². The molecule has 0 radical (unpaired) electrons. The number of carbonyl (C=O) groups is 1. The van der Waals surface area contributed by atoms with Crippen LogP contribution in [-0.2, 0) is 6.42 Å². The second kappa shape index (κ2) is 5.08. The van der Waals surface area contributed by atoms with Gasteiger partial charge < -0.3 is 11.1 Å². The first-order valence-electron chi connectivity index (χ1n) is 6.32. The number of nitrogen functional groups attached to an aromatic ring is 1. The molecule has 0 spiro atoms. The van der Waals surface area contributed by atoms with Gasteiger partial charge in [0.1, 0.15) is 0 Å². The Labute approximate surface area is 106 Å². The maximum Gasteiger partial charge on any atom is 0.254 e. The minimum absolute atomic E-state index is 0.0237. The molecule has 2 rings (SSSR count). The lowest BCUT2D eigenvalue weighted by atomic mass is 10.1. The van der Waals surface area contributed by atoms with Crippen LogP contribution in [-0.4, -0.2) is 11.9 Å². The molecule has 3 nitrogen and oxygen atoms in total. The summed E-state index contributed by atoms with van der Waals surface area (Å²) in [7, 11) is 0. The van der Waals surface area contributed by atoms with Crippen molar-refractivity contribution in [2.45, 2.75) is 52.0 Å². The molecule has 0 atom stereocenters. The summed E-state index contributed by atoms with van der Waals surface area (Å²) in [5, 5.41) is 3.77. The van der Waals surface area contributed by atoms with Gasteiger partial charge in [0.25, 0.3) is 5.91 Å². The molecule has 1 aliphatic rings. The summed E-state index contributed by atoms with van der Waals surface area (Å²) in [5.41, 5.74) is 7.79.